The standard InChI is InChI=1S/C17H16N4OS/c1-12-19-15(10-23-12)13-2-3-16-14(8-13)4-6-21(16)17(22)9-20-7-5-18-11-20/h2-3,5,7-8,10-11H,4,6,9H2,1H3. The maximum atomic E-state index is 12.5. The van der Waals surface area contributed by atoms with E-state index in [1.54, 1.807) is 28.4 Å². The largest absolute Gasteiger partial charge is 0.328 e. The zero-order valence-electron chi connectivity index (χ0n) is 12.8. The van der Waals surface area contributed by atoms with Crippen molar-refractivity contribution in [1.29, 1.82) is 0 Å². The van der Waals surface area contributed by atoms with Gasteiger partial charge in [0.25, 0.3) is 0 Å². The number of nitrogens with zero attached hydrogens (tertiary/aromatic N) is 4. The van der Waals surface area contributed by atoms with E-state index < -0.39 is 0 Å². The molecule has 0 radical (unpaired) electrons. The average molecular weight is 324 g/mol. The summed E-state index contributed by atoms with van der Waals surface area (Å²) in [5, 5.41) is 3.14. The van der Waals surface area contributed by atoms with Gasteiger partial charge in [0.05, 0.1) is 17.0 Å². The number of imidazole rings is 1. The molecule has 5 nitrogen and oxygen atoms in total. The van der Waals surface area contributed by atoms with Gasteiger partial charge in [-0.2, -0.15) is 0 Å². The number of benzene rings is 1. The third kappa shape index (κ3) is 2.66. The fourth-order valence-corrected chi connectivity index (χ4v) is 3.56. The summed E-state index contributed by atoms with van der Waals surface area (Å²) in [6, 6.07) is 6.25. The molecule has 0 unspecified atom stereocenters. The van der Waals surface area contributed by atoms with Crippen molar-refractivity contribution in [3.63, 3.8) is 0 Å². The van der Waals surface area contributed by atoms with E-state index in [0.717, 1.165) is 34.9 Å². The van der Waals surface area contributed by atoms with E-state index in [0.29, 0.717) is 6.54 Å². The van der Waals surface area contributed by atoms with Crippen LogP contribution in [0.2, 0.25) is 0 Å². The Kier molecular flexibility index (Phi) is 3.46. The van der Waals surface area contributed by atoms with Crippen molar-refractivity contribution in [1.82, 2.24) is 14.5 Å². The number of hydrogen-bond acceptors (Lipinski definition) is 4. The Bertz CT molecular complexity index is 853. The zero-order chi connectivity index (χ0) is 15.8. The van der Waals surface area contributed by atoms with Crippen molar-refractivity contribution in [2.45, 2.75) is 19.9 Å². The van der Waals surface area contributed by atoms with Crippen LogP contribution in [-0.2, 0) is 17.8 Å². The third-order valence-electron chi connectivity index (χ3n) is 4.07. The van der Waals surface area contributed by atoms with Crippen LogP contribution in [0.25, 0.3) is 11.3 Å². The van der Waals surface area contributed by atoms with E-state index in [1.165, 1.54) is 5.56 Å². The predicted molar refractivity (Wildman–Crippen MR) is 90.6 cm³/mol. The Labute approximate surface area is 138 Å². The van der Waals surface area contributed by atoms with Gasteiger partial charge in [0, 0.05) is 35.6 Å². The smallest absolute Gasteiger partial charge is 0.246 e. The van der Waals surface area contributed by atoms with Gasteiger partial charge in [-0.1, -0.05) is 6.07 Å². The van der Waals surface area contributed by atoms with Crippen molar-refractivity contribution >= 4 is 22.9 Å². The summed E-state index contributed by atoms with van der Waals surface area (Å²) in [6.07, 6.45) is 6.06. The van der Waals surface area contributed by atoms with Gasteiger partial charge in [0.2, 0.25) is 5.91 Å². The number of hydrogen-bond donors (Lipinski definition) is 0. The van der Waals surface area contributed by atoms with Crippen molar-refractivity contribution in [2.75, 3.05) is 11.4 Å². The number of thiazole rings is 1. The first kappa shape index (κ1) is 14.1. The molecule has 0 saturated heterocycles. The predicted octanol–water partition coefficient (Wildman–Crippen LogP) is 2.90. The maximum Gasteiger partial charge on any atom is 0.246 e. The third-order valence-corrected chi connectivity index (χ3v) is 4.84. The Hall–Kier alpha value is -2.47. The molecular formula is C17H16N4OS. The van der Waals surface area contributed by atoms with Gasteiger partial charge in [0.1, 0.15) is 6.54 Å². The number of carbonyl (C=O) groups excluding carboxylic acids is 1. The van der Waals surface area contributed by atoms with Crippen LogP contribution in [0.5, 0.6) is 0 Å². The molecule has 0 fully saturated rings. The Balaban J connectivity index is 1.58. The van der Waals surface area contributed by atoms with Crippen molar-refractivity contribution < 1.29 is 4.79 Å². The molecule has 0 N–H and O–H groups in total. The van der Waals surface area contributed by atoms with Crippen molar-refractivity contribution in [2.24, 2.45) is 0 Å². The van der Waals surface area contributed by atoms with Crippen LogP contribution in [-0.4, -0.2) is 27.0 Å². The lowest BCUT2D eigenvalue weighted by molar-refractivity contribution is -0.119. The second kappa shape index (κ2) is 5.62. The number of rotatable bonds is 3. The molecule has 0 aliphatic carbocycles. The molecule has 0 bridgehead atoms. The Morgan fingerprint density at radius 2 is 2.30 bits per heavy atom. The first-order valence-corrected chi connectivity index (χ1v) is 8.40. The highest BCUT2D eigenvalue weighted by Gasteiger charge is 2.25. The van der Waals surface area contributed by atoms with Gasteiger partial charge in [-0.15, -0.1) is 11.3 Å². The van der Waals surface area contributed by atoms with Crippen LogP contribution in [0.3, 0.4) is 0 Å². The fourth-order valence-electron chi connectivity index (χ4n) is 2.94. The lowest BCUT2D eigenvalue weighted by atomic mass is 10.1. The molecule has 23 heavy (non-hydrogen) atoms. The lowest BCUT2D eigenvalue weighted by Gasteiger charge is -2.17. The molecule has 1 aromatic carbocycles. The molecule has 2 aromatic heterocycles. The molecule has 0 atom stereocenters. The molecule has 116 valence electrons. The van der Waals surface area contributed by atoms with Crippen molar-refractivity contribution in [3.8, 4) is 11.3 Å². The average Bonchev–Trinajstić information content (AvgIpc) is 3.26. The fraction of sp³-hybridized carbons (Fsp3) is 0.235. The summed E-state index contributed by atoms with van der Waals surface area (Å²) in [5.41, 5.74) is 4.37. The van der Waals surface area contributed by atoms with Gasteiger partial charge in [0.15, 0.2) is 0 Å². The number of fused-ring (bicyclic) bond motifs is 1. The lowest BCUT2D eigenvalue weighted by Crippen LogP contribution is -2.31. The highest BCUT2D eigenvalue weighted by atomic mass is 32.1. The summed E-state index contributed by atoms with van der Waals surface area (Å²) < 4.78 is 1.80. The summed E-state index contributed by atoms with van der Waals surface area (Å²) in [4.78, 5) is 22.9. The monoisotopic (exact) mass is 324 g/mol. The zero-order valence-corrected chi connectivity index (χ0v) is 13.6. The summed E-state index contributed by atoms with van der Waals surface area (Å²) >= 11 is 1.66. The van der Waals surface area contributed by atoms with E-state index >= 15 is 0 Å². The van der Waals surface area contributed by atoms with Crippen LogP contribution in [0, 0.1) is 6.92 Å². The molecule has 1 aliphatic heterocycles. The number of aryl methyl sites for hydroxylation is 1. The second-order valence-electron chi connectivity index (χ2n) is 5.63. The summed E-state index contributed by atoms with van der Waals surface area (Å²) in [6.45, 7) is 3.08. The minimum absolute atomic E-state index is 0.0963. The maximum absolute atomic E-state index is 12.5. The van der Waals surface area contributed by atoms with Crippen molar-refractivity contribution in [3.05, 3.63) is 52.9 Å². The molecule has 1 amide bonds. The summed E-state index contributed by atoms with van der Waals surface area (Å²) in [7, 11) is 0. The first-order chi connectivity index (χ1) is 11.2. The van der Waals surface area contributed by atoms with Crippen LogP contribution in [0.4, 0.5) is 5.69 Å². The Morgan fingerprint density at radius 3 is 3.04 bits per heavy atom. The van der Waals surface area contributed by atoms with Crippen LogP contribution in [0.1, 0.15) is 10.6 Å². The molecular weight excluding hydrogens is 308 g/mol. The number of aromatic nitrogens is 3. The van der Waals surface area contributed by atoms with Crippen LogP contribution >= 0.6 is 11.3 Å². The second-order valence-corrected chi connectivity index (χ2v) is 6.69. The van der Waals surface area contributed by atoms with E-state index in [4.69, 9.17) is 0 Å². The highest BCUT2D eigenvalue weighted by Crippen LogP contribution is 2.32. The molecule has 3 aromatic rings. The van der Waals surface area contributed by atoms with Gasteiger partial charge in [-0.05, 0) is 31.0 Å². The van der Waals surface area contributed by atoms with E-state index in [2.05, 4.69) is 27.5 Å². The molecule has 3 heterocycles. The van der Waals surface area contributed by atoms with E-state index in [-0.39, 0.29) is 5.91 Å². The van der Waals surface area contributed by atoms with Gasteiger partial charge < -0.3 is 9.47 Å². The molecule has 0 spiro atoms. The highest BCUT2D eigenvalue weighted by molar-refractivity contribution is 7.09. The SMILES string of the molecule is Cc1nc(-c2ccc3c(c2)CCN3C(=O)Cn2ccnc2)cs1. The molecule has 0 saturated carbocycles. The first-order valence-electron chi connectivity index (χ1n) is 7.52. The Morgan fingerprint density at radius 1 is 1.39 bits per heavy atom. The minimum atomic E-state index is 0.0963. The van der Waals surface area contributed by atoms with Crippen LogP contribution in [0.15, 0.2) is 42.3 Å². The van der Waals surface area contributed by atoms with E-state index in [9.17, 15) is 4.79 Å². The molecule has 6 heteroatoms. The minimum Gasteiger partial charge on any atom is -0.328 e. The van der Waals surface area contributed by atoms with Gasteiger partial charge >= 0.3 is 0 Å². The topological polar surface area (TPSA) is 51.0 Å². The van der Waals surface area contributed by atoms with Crippen LogP contribution < -0.4 is 4.90 Å². The van der Waals surface area contributed by atoms with E-state index in [1.807, 2.05) is 24.1 Å². The quantitative estimate of drug-likeness (QED) is 0.744. The number of anilines is 1. The van der Waals surface area contributed by atoms with Gasteiger partial charge in [-0.25, -0.2) is 9.97 Å². The number of amides is 1. The number of carbonyl (C=O) groups is 1. The normalized spacial score (nSPS) is 13.3. The van der Waals surface area contributed by atoms with Gasteiger partial charge in [-0.3, -0.25) is 4.79 Å². The summed E-state index contributed by atoms with van der Waals surface area (Å²) in [5.74, 6) is 0.0963. The molecule has 4 rings (SSSR count). The molecule has 1 aliphatic rings.